The van der Waals surface area contributed by atoms with Crippen molar-refractivity contribution in [1.29, 1.82) is 0 Å². The third kappa shape index (κ3) is 3.15. The highest BCUT2D eigenvalue weighted by Crippen LogP contribution is 2.29. The number of halogens is 3. The first-order chi connectivity index (χ1) is 12.6. The Labute approximate surface area is 157 Å². The van der Waals surface area contributed by atoms with Crippen LogP contribution in [0.5, 0.6) is 0 Å². The molecule has 0 aliphatic heterocycles. The van der Waals surface area contributed by atoms with Crippen molar-refractivity contribution in [2.24, 2.45) is 0 Å². The Morgan fingerprint density at radius 2 is 1.27 bits per heavy atom. The van der Waals surface area contributed by atoms with Crippen molar-refractivity contribution in [3.8, 4) is 28.5 Å². The highest BCUT2D eigenvalue weighted by Gasteiger charge is 2.17. The molecule has 0 N–H and O–H groups in total. The van der Waals surface area contributed by atoms with Gasteiger partial charge in [0, 0.05) is 21.3 Å². The summed E-state index contributed by atoms with van der Waals surface area (Å²) >= 11 is 3.46. The van der Waals surface area contributed by atoms with Crippen LogP contribution >= 0.6 is 15.9 Å². The molecule has 0 unspecified atom stereocenters. The zero-order valence-corrected chi connectivity index (χ0v) is 15.0. The maximum absolute atomic E-state index is 13.4. The Morgan fingerprint density at radius 3 is 1.88 bits per heavy atom. The van der Waals surface area contributed by atoms with Gasteiger partial charge in [0.05, 0.1) is 0 Å². The zero-order valence-electron chi connectivity index (χ0n) is 13.4. The predicted octanol–water partition coefficient (Wildman–Crippen LogP) is 5.64. The molecule has 0 saturated carbocycles. The van der Waals surface area contributed by atoms with Crippen molar-refractivity contribution in [2.45, 2.75) is 0 Å². The topological polar surface area (TPSA) is 30.7 Å². The van der Waals surface area contributed by atoms with Crippen LogP contribution in [0, 0.1) is 11.6 Å². The fraction of sp³-hybridized carbons (Fsp3) is 0. The van der Waals surface area contributed by atoms with Crippen molar-refractivity contribution in [3.05, 3.63) is 88.9 Å². The van der Waals surface area contributed by atoms with E-state index >= 15 is 0 Å². The van der Waals surface area contributed by atoms with Crippen molar-refractivity contribution >= 4 is 15.9 Å². The first kappa shape index (κ1) is 16.6. The highest BCUT2D eigenvalue weighted by molar-refractivity contribution is 9.10. The molecule has 0 saturated heterocycles. The summed E-state index contributed by atoms with van der Waals surface area (Å²) < 4.78 is 29.4. The van der Waals surface area contributed by atoms with Gasteiger partial charge in [0.25, 0.3) is 0 Å². The van der Waals surface area contributed by atoms with E-state index in [4.69, 9.17) is 0 Å². The number of nitrogens with zero attached hydrogens (tertiary/aromatic N) is 3. The molecule has 0 fully saturated rings. The molecule has 0 radical (unpaired) electrons. The van der Waals surface area contributed by atoms with Crippen molar-refractivity contribution in [1.82, 2.24) is 14.8 Å². The summed E-state index contributed by atoms with van der Waals surface area (Å²) in [4.78, 5) is 0. The van der Waals surface area contributed by atoms with E-state index in [9.17, 15) is 8.78 Å². The average Bonchev–Trinajstić information content (AvgIpc) is 3.08. The second kappa shape index (κ2) is 6.80. The lowest BCUT2D eigenvalue weighted by Crippen LogP contribution is -2.00. The molecule has 4 rings (SSSR count). The molecule has 3 aromatic carbocycles. The largest absolute Gasteiger partial charge is 0.275 e. The Kier molecular flexibility index (Phi) is 4.34. The Bertz CT molecular complexity index is 1060. The number of benzene rings is 3. The van der Waals surface area contributed by atoms with Gasteiger partial charge in [-0.15, -0.1) is 10.2 Å². The molecule has 26 heavy (non-hydrogen) atoms. The van der Waals surface area contributed by atoms with Gasteiger partial charge in [-0.2, -0.15) is 0 Å². The summed E-state index contributed by atoms with van der Waals surface area (Å²) in [5.74, 6) is 0.506. The SMILES string of the molecule is Fc1ccc(-c2nnc(-c3cccc(Br)c3)n2-c2ccc(F)cc2)cc1. The van der Waals surface area contributed by atoms with Crippen LogP contribution in [0.1, 0.15) is 0 Å². The fourth-order valence-corrected chi connectivity index (χ4v) is 3.12. The second-order valence-electron chi connectivity index (χ2n) is 5.68. The van der Waals surface area contributed by atoms with Gasteiger partial charge in [0.1, 0.15) is 11.6 Å². The molecular weight excluding hydrogens is 400 g/mol. The molecule has 1 aromatic heterocycles. The monoisotopic (exact) mass is 411 g/mol. The third-order valence-corrected chi connectivity index (χ3v) is 4.43. The van der Waals surface area contributed by atoms with Gasteiger partial charge in [-0.05, 0) is 60.7 Å². The quantitative estimate of drug-likeness (QED) is 0.436. The van der Waals surface area contributed by atoms with Gasteiger partial charge in [-0.25, -0.2) is 8.78 Å². The van der Waals surface area contributed by atoms with Crippen LogP contribution in [0.25, 0.3) is 28.5 Å². The molecule has 0 aliphatic rings. The van der Waals surface area contributed by atoms with Gasteiger partial charge in [0.15, 0.2) is 11.6 Å². The van der Waals surface area contributed by atoms with Crippen LogP contribution in [0.3, 0.4) is 0 Å². The number of rotatable bonds is 3. The molecule has 0 amide bonds. The minimum Gasteiger partial charge on any atom is -0.275 e. The Hall–Kier alpha value is -2.86. The molecule has 6 heteroatoms. The zero-order chi connectivity index (χ0) is 18.1. The van der Waals surface area contributed by atoms with E-state index in [0.717, 1.165) is 10.0 Å². The molecular formula is C20H12BrF2N3. The smallest absolute Gasteiger partial charge is 0.168 e. The van der Waals surface area contributed by atoms with Crippen LogP contribution in [-0.2, 0) is 0 Å². The van der Waals surface area contributed by atoms with Crippen molar-refractivity contribution < 1.29 is 8.78 Å². The molecule has 1 heterocycles. The van der Waals surface area contributed by atoms with E-state index in [1.165, 1.54) is 24.3 Å². The van der Waals surface area contributed by atoms with E-state index in [0.29, 0.717) is 22.9 Å². The highest BCUT2D eigenvalue weighted by atomic mass is 79.9. The molecule has 0 spiro atoms. The van der Waals surface area contributed by atoms with Crippen LogP contribution in [0.15, 0.2) is 77.3 Å². The summed E-state index contributed by atoms with van der Waals surface area (Å²) in [7, 11) is 0. The molecule has 128 valence electrons. The molecule has 0 bridgehead atoms. The summed E-state index contributed by atoms with van der Waals surface area (Å²) in [5, 5.41) is 8.63. The standard InChI is InChI=1S/C20H12BrF2N3/c21-15-3-1-2-14(12-15)20-25-24-19(13-4-6-16(22)7-5-13)26(20)18-10-8-17(23)9-11-18/h1-12H. The van der Waals surface area contributed by atoms with Crippen LogP contribution in [0.4, 0.5) is 8.78 Å². The average molecular weight is 412 g/mol. The first-order valence-electron chi connectivity index (χ1n) is 7.85. The molecule has 0 aliphatic carbocycles. The number of aromatic nitrogens is 3. The lowest BCUT2D eigenvalue weighted by atomic mass is 10.1. The molecule has 3 nitrogen and oxygen atoms in total. The lowest BCUT2D eigenvalue weighted by Gasteiger charge is -2.11. The van der Waals surface area contributed by atoms with Crippen LogP contribution in [0.2, 0.25) is 0 Å². The molecule has 0 atom stereocenters. The normalized spacial score (nSPS) is 10.9. The molecule has 4 aromatic rings. The van der Waals surface area contributed by atoms with E-state index in [-0.39, 0.29) is 11.6 Å². The van der Waals surface area contributed by atoms with Crippen LogP contribution < -0.4 is 0 Å². The maximum Gasteiger partial charge on any atom is 0.168 e. The summed E-state index contributed by atoms with van der Waals surface area (Å²) in [5.41, 5.74) is 2.28. The predicted molar refractivity (Wildman–Crippen MR) is 99.8 cm³/mol. The second-order valence-corrected chi connectivity index (χ2v) is 6.59. The summed E-state index contributed by atoms with van der Waals surface area (Å²) in [6.45, 7) is 0. The lowest BCUT2D eigenvalue weighted by molar-refractivity contribution is 0.627. The van der Waals surface area contributed by atoms with Gasteiger partial charge in [0.2, 0.25) is 0 Å². The summed E-state index contributed by atoms with van der Waals surface area (Å²) in [6, 6.07) is 19.8. The van der Waals surface area contributed by atoms with Gasteiger partial charge in [-0.3, -0.25) is 4.57 Å². The van der Waals surface area contributed by atoms with E-state index in [1.807, 2.05) is 28.8 Å². The van der Waals surface area contributed by atoms with E-state index in [2.05, 4.69) is 26.1 Å². The van der Waals surface area contributed by atoms with Gasteiger partial charge in [-0.1, -0.05) is 28.1 Å². The fourth-order valence-electron chi connectivity index (χ4n) is 2.72. The minimum absolute atomic E-state index is 0.325. The summed E-state index contributed by atoms with van der Waals surface area (Å²) in [6.07, 6.45) is 0. The number of hydrogen-bond donors (Lipinski definition) is 0. The van der Waals surface area contributed by atoms with Crippen LogP contribution in [-0.4, -0.2) is 14.8 Å². The van der Waals surface area contributed by atoms with Crippen molar-refractivity contribution in [2.75, 3.05) is 0 Å². The van der Waals surface area contributed by atoms with E-state index in [1.54, 1.807) is 24.3 Å². The Balaban J connectivity index is 1.95. The van der Waals surface area contributed by atoms with Gasteiger partial charge < -0.3 is 0 Å². The third-order valence-electron chi connectivity index (χ3n) is 3.93. The minimum atomic E-state index is -0.325. The maximum atomic E-state index is 13.4. The Morgan fingerprint density at radius 1 is 0.692 bits per heavy atom. The van der Waals surface area contributed by atoms with Crippen molar-refractivity contribution in [3.63, 3.8) is 0 Å². The number of hydrogen-bond acceptors (Lipinski definition) is 2. The van der Waals surface area contributed by atoms with E-state index < -0.39 is 0 Å². The first-order valence-corrected chi connectivity index (χ1v) is 8.64. The van der Waals surface area contributed by atoms with Gasteiger partial charge >= 0.3 is 0 Å².